The van der Waals surface area contributed by atoms with Gasteiger partial charge in [0, 0.05) is 13.1 Å². The van der Waals surface area contributed by atoms with E-state index in [2.05, 4.69) is 5.32 Å². The summed E-state index contributed by atoms with van der Waals surface area (Å²) in [6.45, 7) is 6.49. The Morgan fingerprint density at radius 2 is 2.05 bits per heavy atom. The van der Waals surface area contributed by atoms with Gasteiger partial charge in [-0.05, 0) is 52.3 Å². The molecule has 0 saturated carbocycles. The number of amides is 1. The normalized spacial score (nSPS) is 16.3. The molecule has 0 atom stereocenters. The number of aryl methyl sites for hydroxylation is 2. The van der Waals surface area contributed by atoms with E-state index in [1.54, 1.807) is 0 Å². The number of nitrogens with zero attached hydrogens (tertiary/aromatic N) is 1. The fourth-order valence-corrected chi connectivity index (χ4v) is 2.64. The van der Waals surface area contributed by atoms with E-state index in [0.717, 1.165) is 49.6 Å². The topological polar surface area (TPSA) is 45.5 Å². The van der Waals surface area contributed by atoms with Crippen molar-refractivity contribution >= 4 is 18.3 Å². The van der Waals surface area contributed by atoms with E-state index in [1.807, 2.05) is 31.9 Å². The van der Waals surface area contributed by atoms with Gasteiger partial charge < -0.3 is 14.6 Å². The summed E-state index contributed by atoms with van der Waals surface area (Å²) >= 11 is 0. The first-order valence-electron chi connectivity index (χ1n) is 6.62. The molecule has 1 amide bonds. The Balaban J connectivity index is 0.00000180. The maximum Gasteiger partial charge on any atom is 0.257 e. The van der Waals surface area contributed by atoms with E-state index in [9.17, 15) is 4.79 Å². The predicted molar refractivity (Wildman–Crippen MR) is 78.0 cm³/mol. The van der Waals surface area contributed by atoms with Crippen LogP contribution in [0.25, 0.3) is 0 Å². The van der Waals surface area contributed by atoms with Gasteiger partial charge in [0.1, 0.15) is 11.5 Å². The third-order valence-corrected chi connectivity index (χ3v) is 3.67. The van der Waals surface area contributed by atoms with E-state index < -0.39 is 0 Å². The summed E-state index contributed by atoms with van der Waals surface area (Å²) in [4.78, 5) is 14.3. The number of nitrogens with one attached hydrogen (secondary N) is 1. The number of hydrogen-bond donors (Lipinski definition) is 1. The number of piperidine rings is 1. The molecule has 1 aromatic heterocycles. The molecule has 0 aliphatic carbocycles. The Morgan fingerprint density at radius 1 is 1.42 bits per heavy atom. The van der Waals surface area contributed by atoms with Gasteiger partial charge in [0.2, 0.25) is 0 Å². The van der Waals surface area contributed by atoms with E-state index in [1.165, 1.54) is 0 Å². The van der Waals surface area contributed by atoms with Crippen molar-refractivity contribution in [2.75, 3.05) is 26.7 Å². The number of rotatable bonds is 3. The van der Waals surface area contributed by atoms with Crippen molar-refractivity contribution in [3.63, 3.8) is 0 Å². The fraction of sp³-hybridized carbons (Fsp3) is 0.643. The number of likely N-dealkylation sites (tertiary alicyclic amines) is 1. The number of halogens is 1. The van der Waals surface area contributed by atoms with Crippen molar-refractivity contribution < 1.29 is 9.21 Å². The molecule has 0 spiro atoms. The van der Waals surface area contributed by atoms with Crippen LogP contribution in [0.3, 0.4) is 0 Å². The van der Waals surface area contributed by atoms with E-state index in [0.29, 0.717) is 5.92 Å². The molecule has 0 aromatic carbocycles. The van der Waals surface area contributed by atoms with Crippen LogP contribution in [-0.2, 0) is 0 Å². The largest absolute Gasteiger partial charge is 0.466 e. The third kappa shape index (κ3) is 3.74. The Labute approximate surface area is 120 Å². The van der Waals surface area contributed by atoms with Crippen molar-refractivity contribution in [2.45, 2.75) is 26.7 Å². The molecule has 1 N–H and O–H groups in total. The standard InChI is InChI=1S/C14H22N2O2.ClH/c1-10-8-13(11(2)18-10)14(17)16-6-4-12(5-7-16)9-15-3;/h8,12,15H,4-7,9H2,1-3H3;1H. The minimum atomic E-state index is 0. The highest BCUT2D eigenvalue weighted by atomic mass is 35.5. The van der Waals surface area contributed by atoms with Crippen LogP contribution in [0.1, 0.15) is 34.7 Å². The Kier molecular flexibility index (Phi) is 5.88. The number of carbonyl (C=O) groups excluding carboxylic acids is 1. The molecule has 0 radical (unpaired) electrons. The maximum atomic E-state index is 12.3. The lowest BCUT2D eigenvalue weighted by Crippen LogP contribution is -2.40. The summed E-state index contributed by atoms with van der Waals surface area (Å²) in [6, 6.07) is 1.84. The van der Waals surface area contributed by atoms with Crippen LogP contribution >= 0.6 is 12.4 Å². The second-order valence-electron chi connectivity index (χ2n) is 5.12. The number of furan rings is 1. The first-order chi connectivity index (χ1) is 8.61. The molecule has 1 saturated heterocycles. The van der Waals surface area contributed by atoms with Gasteiger partial charge in [-0.1, -0.05) is 0 Å². The Bertz CT molecular complexity index is 423. The Hall–Kier alpha value is -1.00. The molecule has 108 valence electrons. The molecule has 0 unspecified atom stereocenters. The molecule has 1 fully saturated rings. The van der Waals surface area contributed by atoms with Crippen molar-refractivity contribution in [3.8, 4) is 0 Å². The SMILES string of the molecule is CNCC1CCN(C(=O)c2cc(C)oc2C)CC1.Cl. The Morgan fingerprint density at radius 3 is 2.53 bits per heavy atom. The first-order valence-corrected chi connectivity index (χ1v) is 6.62. The zero-order chi connectivity index (χ0) is 13.1. The zero-order valence-corrected chi connectivity index (χ0v) is 12.7. The van der Waals surface area contributed by atoms with Crippen LogP contribution < -0.4 is 5.32 Å². The zero-order valence-electron chi connectivity index (χ0n) is 11.9. The second kappa shape index (κ2) is 6.96. The molecule has 5 heteroatoms. The summed E-state index contributed by atoms with van der Waals surface area (Å²) < 4.78 is 5.43. The van der Waals surface area contributed by atoms with Gasteiger partial charge in [0.05, 0.1) is 5.56 Å². The molecular weight excluding hydrogens is 264 g/mol. The number of hydrogen-bond acceptors (Lipinski definition) is 3. The van der Waals surface area contributed by atoms with Gasteiger partial charge in [-0.3, -0.25) is 4.79 Å². The van der Waals surface area contributed by atoms with Gasteiger partial charge in [0.25, 0.3) is 5.91 Å². The van der Waals surface area contributed by atoms with Crippen LogP contribution in [0, 0.1) is 19.8 Å². The maximum absolute atomic E-state index is 12.3. The van der Waals surface area contributed by atoms with Crippen LogP contribution in [0.15, 0.2) is 10.5 Å². The molecule has 4 nitrogen and oxygen atoms in total. The van der Waals surface area contributed by atoms with Crippen molar-refractivity contribution in [1.29, 1.82) is 0 Å². The van der Waals surface area contributed by atoms with Crippen molar-refractivity contribution in [3.05, 3.63) is 23.2 Å². The molecule has 1 aliphatic rings. The highest BCUT2D eigenvalue weighted by Crippen LogP contribution is 2.21. The highest BCUT2D eigenvalue weighted by Gasteiger charge is 2.25. The van der Waals surface area contributed by atoms with Gasteiger partial charge in [-0.15, -0.1) is 12.4 Å². The summed E-state index contributed by atoms with van der Waals surface area (Å²) in [5, 5.41) is 3.21. The molecule has 0 bridgehead atoms. The lowest BCUT2D eigenvalue weighted by Gasteiger charge is -2.31. The first kappa shape index (κ1) is 16.1. The van der Waals surface area contributed by atoms with E-state index >= 15 is 0 Å². The average molecular weight is 287 g/mol. The summed E-state index contributed by atoms with van der Waals surface area (Å²) in [7, 11) is 1.98. The minimum absolute atomic E-state index is 0. The van der Waals surface area contributed by atoms with Crippen molar-refractivity contribution in [2.24, 2.45) is 5.92 Å². The summed E-state index contributed by atoms with van der Waals surface area (Å²) in [5.74, 6) is 2.36. The third-order valence-electron chi connectivity index (χ3n) is 3.67. The van der Waals surface area contributed by atoms with Gasteiger partial charge >= 0.3 is 0 Å². The van der Waals surface area contributed by atoms with Crippen LogP contribution in [-0.4, -0.2) is 37.5 Å². The highest BCUT2D eigenvalue weighted by molar-refractivity contribution is 5.95. The molecule has 19 heavy (non-hydrogen) atoms. The molecule has 2 heterocycles. The van der Waals surface area contributed by atoms with Crippen LogP contribution in [0.2, 0.25) is 0 Å². The minimum Gasteiger partial charge on any atom is -0.466 e. The van der Waals surface area contributed by atoms with Gasteiger partial charge in [-0.2, -0.15) is 0 Å². The molecule has 2 rings (SSSR count). The fourth-order valence-electron chi connectivity index (χ4n) is 2.64. The lowest BCUT2D eigenvalue weighted by molar-refractivity contribution is 0.0689. The summed E-state index contributed by atoms with van der Waals surface area (Å²) in [5.41, 5.74) is 0.722. The number of carbonyl (C=O) groups is 1. The lowest BCUT2D eigenvalue weighted by atomic mass is 9.96. The van der Waals surface area contributed by atoms with Crippen LogP contribution in [0.4, 0.5) is 0 Å². The quantitative estimate of drug-likeness (QED) is 0.928. The molecule has 1 aliphatic heterocycles. The molecule has 1 aromatic rings. The van der Waals surface area contributed by atoms with Crippen LogP contribution in [0.5, 0.6) is 0 Å². The van der Waals surface area contributed by atoms with Crippen molar-refractivity contribution in [1.82, 2.24) is 10.2 Å². The smallest absolute Gasteiger partial charge is 0.257 e. The average Bonchev–Trinajstić information content (AvgIpc) is 2.69. The molecular formula is C14H23ClN2O2. The van der Waals surface area contributed by atoms with Gasteiger partial charge in [0.15, 0.2) is 0 Å². The summed E-state index contributed by atoms with van der Waals surface area (Å²) in [6.07, 6.45) is 2.17. The monoisotopic (exact) mass is 286 g/mol. The van der Waals surface area contributed by atoms with Gasteiger partial charge in [-0.25, -0.2) is 0 Å². The second-order valence-corrected chi connectivity index (χ2v) is 5.12. The predicted octanol–water partition coefficient (Wildman–Crippen LogP) is 2.39. The van der Waals surface area contributed by atoms with E-state index in [4.69, 9.17) is 4.42 Å². The van der Waals surface area contributed by atoms with E-state index in [-0.39, 0.29) is 18.3 Å².